The van der Waals surface area contributed by atoms with Crippen molar-refractivity contribution in [1.82, 2.24) is 0 Å². The number of hydrogen-bond donors (Lipinski definition) is 3. The highest BCUT2D eigenvalue weighted by Gasteiger charge is 1.73. The molecule has 3 aromatic rings. The molecule has 0 aromatic heterocycles. The average molecular weight is 279 g/mol. The Balaban J connectivity index is 0.000000157. The van der Waals surface area contributed by atoms with E-state index in [1.807, 2.05) is 91.0 Å². The molecule has 0 fully saturated rings. The highest BCUT2D eigenvalue weighted by Crippen LogP contribution is 1.97. The molecule has 3 heteroatoms. The van der Waals surface area contributed by atoms with Crippen LogP contribution in [-0.2, 0) is 0 Å². The van der Waals surface area contributed by atoms with Crippen LogP contribution in [0.1, 0.15) is 0 Å². The van der Waals surface area contributed by atoms with Crippen molar-refractivity contribution in [2.24, 2.45) is 0 Å². The normalized spacial score (nSPS) is 8.57. The molecule has 0 unspecified atom stereocenters. The Morgan fingerprint density at radius 3 is 0.619 bits per heavy atom. The van der Waals surface area contributed by atoms with Crippen LogP contribution in [0, 0.1) is 0 Å². The van der Waals surface area contributed by atoms with Gasteiger partial charge in [0.25, 0.3) is 0 Å². The van der Waals surface area contributed by atoms with E-state index in [1.165, 1.54) is 0 Å². The van der Waals surface area contributed by atoms with Gasteiger partial charge < -0.3 is 17.2 Å². The standard InChI is InChI=1S/3C6H7N/c3*7-6-4-2-1-3-5-6/h3*1-5H,7H2. The zero-order chi connectivity index (χ0) is 15.3. The second-order valence-electron chi connectivity index (χ2n) is 4.23. The fraction of sp³-hybridized carbons (Fsp3) is 0. The molecule has 3 nitrogen and oxygen atoms in total. The smallest absolute Gasteiger partial charge is 0.0313 e. The molecular weight excluding hydrogens is 258 g/mol. The van der Waals surface area contributed by atoms with E-state index < -0.39 is 0 Å². The highest BCUT2D eigenvalue weighted by atomic mass is 14.5. The molecular formula is C18H21N3. The van der Waals surface area contributed by atoms with Crippen molar-refractivity contribution in [3.63, 3.8) is 0 Å². The molecule has 21 heavy (non-hydrogen) atoms. The number of rotatable bonds is 0. The first kappa shape index (κ1) is 16.1. The molecule has 6 N–H and O–H groups in total. The fourth-order valence-electron chi connectivity index (χ4n) is 1.36. The first-order chi connectivity index (χ1) is 10.2. The van der Waals surface area contributed by atoms with Crippen LogP contribution in [-0.4, -0.2) is 0 Å². The van der Waals surface area contributed by atoms with Gasteiger partial charge >= 0.3 is 0 Å². The SMILES string of the molecule is Nc1ccccc1.Nc1ccccc1.Nc1ccccc1. The third kappa shape index (κ3) is 8.72. The summed E-state index contributed by atoms with van der Waals surface area (Å²) in [7, 11) is 0. The Kier molecular flexibility index (Phi) is 7.61. The van der Waals surface area contributed by atoms with Crippen LogP contribution in [0.5, 0.6) is 0 Å². The van der Waals surface area contributed by atoms with Gasteiger partial charge in [0.1, 0.15) is 0 Å². The minimum absolute atomic E-state index is 0.822. The summed E-state index contributed by atoms with van der Waals surface area (Å²) < 4.78 is 0. The molecule has 0 saturated carbocycles. The van der Waals surface area contributed by atoms with Crippen LogP contribution in [0.15, 0.2) is 91.0 Å². The zero-order valence-electron chi connectivity index (χ0n) is 11.9. The molecule has 0 radical (unpaired) electrons. The lowest BCUT2D eigenvalue weighted by molar-refractivity contribution is 1.69. The number of anilines is 3. The third-order valence-electron chi connectivity index (χ3n) is 2.40. The second kappa shape index (κ2) is 9.92. The van der Waals surface area contributed by atoms with Gasteiger partial charge in [-0.15, -0.1) is 0 Å². The molecule has 0 saturated heterocycles. The average Bonchev–Trinajstić information content (AvgIpc) is 2.51. The minimum atomic E-state index is 0.822. The maximum absolute atomic E-state index is 5.36. The summed E-state index contributed by atoms with van der Waals surface area (Å²) in [4.78, 5) is 0. The lowest BCUT2D eigenvalue weighted by atomic mass is 10.3. The van der Waals surface area contributed by atoms with E-state index in [0.717, 1.165) is 17.1 Å². The van der Waals surface area contributed by atoms with Crippen molar-refractivity contribution in [1.29, 1.82) is 0 Å². The van der Waals surface area contributed by atoms with E-state index in [0.29, 0.717) is 0 Å². The second-order valence-corrected chi connectivity index (χ2v) is 4.23. The van der Waals surface area contributed by atoms with Gasteiger partial charge in [-0.2, -0.15) is 0 Å². The first-order valence-electron chi connectivity index (χ1n) is 6.60. The van der Waals surface area contributed by atoms with E-state index in [-0.39, 0.29) is 0 Å². The fourth-order valence-corrected chi connectivity index (χ4v) is 1.36. The predicted molar refractivity (Wildman–Crippen MR) is 92.6 cm³/mol. The highest BCUT2D eigenvalue weighted by molar-refractivity contribution is 5.37. The molecule has 0 amide bonds. The minimum Gasteiger partial charge on any atom is -0.399 e. The molecule has 0 aliphatic rings. The van der Waals surface area contributed by atoms with Crippen molar-refractivity contribution in [2.75, 3.05) is 17.2 Å². The van der Waals surface area contributed by atoms with E-state index in [1.54, 1.807) is 0 Å². The van der Waals surface area contributed by atoms with E-state index in [2.05, 4.69) is 0 Å². The summed E-state index contributed by atoms with van der Waals surface area (Å²) in [5.74, 6) is 0. The lowest BCUT2D eigenvalue weighted by Crippen LogP contribution is -1.79. The summed E-state index contributed by atoms with van der Waals surface area (Å²) in [6.45, 7) is 0. The van der Waals surface area contributed by atoms with Crippen molar-refractivity contribution in [2.45, 2.75) is 0 Å². The molecule has 3 rings (SSSR count). The van der Waals surface area contributed by atoms with Gasteiger partial charge in [0, 0.05) is 17.1 Å². The first-order valence-corrected chi connectivity index (χ1v) is 6.60. The largest absolute Gasteiger partial charge is 0.399 e. The van der Waals surface area contributed by atoms with Crippen LogP contribution in [0.2, 0.25) is 0 Å². The van der Waals surface area contributed by atoms with Crippen molar-refractivity contribution >= 4 is 17.1 Å². The maximum atomic E-state index is 5.36. The number of nitrogens with two attached hydrogens (primary N) is 3. The van der Waals surface area contributed by atoms with Crippen LogP contribution in [0.4, 0.5) is 17.1 Å². The van der Waals surface area contributed by atoms with Crippen molar-refractivity contribution < 1.29 is 0 Å². The third-order valence-corrected chi connectivity index (χ3v) is 2.40. The molecule has 0 heterocycles. The van der Waals surface area contributed by atoms with E-state index in [4.69, 9.17) is 17.2 Å². The summed E-state index contributed by atoms with van der Waals surface area (Å²) in [6.07, 6.45) is 0. The zero-order valence-corrected chi connectivity index (χ0v) is 11.9. The van der Waals surface area contributed by atoms with E-state index >= 15 is 0 Å². The maximum Gasteiger partial charge on any atom is 0.0313 e. The van der Waals surface area contributed by atoms with Gasteiger partial charge in [-0.1, -0.05) is 54.6 Å². The van der Waals surface area contributed by atoms with Crippen molar-refractivity contribution in [3.8, 4) is 0 Å². The number of benzene rings is 3. The number of nitrogen functional groups attached to an aromatic ring is 3. The lowest BCUT2D eigenvalue weighted by Gasteiger charge is -1.83. The quantitative estimate of drug-likeness (QED) is 0.548. The predicted octanol–water partition coefficient (Wildman–Crippen LogP) is 3.81. The topological polar surface area (TPSA) is 78.1 Å². The summed E-state index contributed by atoms with van der Waals surface area (Å²) in [5.41, 5.74) is 18.5. The molecule has 0 aliphatic carbocycles. The molecule has 0 atom stereocenters. The van der Waals surface area contributed by atoms with Crippen LogP contribution in [0.3, 0.4) is 0 Å². The Hall–Kier alpha value is -2.94. The Morgan fingerprint density at radius 1 is 0.333 bits per heavy atom. The molecule has 108 valence electrons. The summed E-state index contributed by atoms with van der Waals surface area (Å²) >= 11 is 0. The number of para-hydroxylation sites is 3. The number of hydrogen-bond acceptors (Lipinski definition) is 3. The summed E-state index contributed by atoms with van der Waals surface area (Å²) in [5, 5.41) is 0. The van der Waals surface area contributed by atoms with Crippen molar-refractivity contribution in [3.05, 3.63) is 91.0 Å². The van der Waals surface area contributed by atoms with Gasteiger partial charge in [-0.25, -0.2) is 0 Å². The molecule has 0 bridgehead atoms. The van der Waals surface area contributed by atoms with Gasteiger partial charge in [-0.3, -0.25) is 0 Å². The molecule has 0 aliphatic heterocycles. The monoisotopic (exact) mass is 279 g/mol. The van der Waals surface area contributed by atoms with Crippen LogP contribution >= 0.6 is 0 Å². The van der Waals surface area contributed by atoms with Crippen LogP contribution < -0.4 is 17.2 Å². The van der Waals surface area contributed by atoms with Gasteiger partial charge in [-0.05, 0) is 36.4 Å². The van der Waals surface area contributed by atoms with Gasteiger partial charge in [0.05, 0.1) is 0 Å². The molecule has 3 aromatic carbocycles. The van der Waals surface area contributed by atoms with Gasteiger partial charge in [0.2, 0.25) is 0 Å². The Bertz CT molecular complexity index is 491. The summed E-state index contributed by atoms with van der Waals surface area (Å²) in [6, 6.07) is 28.5. The van der Waals surface area contributed by atoms with E-state index in [9.17, 15) is 0 Å². The van der Waals surface area contributed by atoms with Gasteiger partial charge in [0.15, 0.2) is 0 Å². The molecule has 0 spiro atoms. The Labute approximate surface area is 126 Å². The van der Waals surface area contributed by atoms with Crippen LogP contribution in [0.25, 0.3) is 0 Å². The Morgan fingerprint density at radius 2 is 0.524 bits per heavy atom.